The first-order chi connectivity index (χ1) is 15.4. The number of carbonyl (C=O) groups is 3. The normalized spacial score (nSPS) is 26.8. The third-order valence-corrected chi connectivity index (χ3v) is 6.72. The molecule has 190 valence electrons. The second kappa shape index (κ2) is 11.1. The summed E-state index contributed by atoms with van der Waals surface area (Å²) in [7, 11) is 0. The number of esters is 1. The van der Waals surface area contributed by atoms with E-state index in [1.165, 1.54) is 0 Å². The van der Waals surface area contributed by atoms with Crippen molar-refractivity contribution in [3.8, 4) is 0 Å². The molecule has 8 heteroatoms. The quantitative estimate of drug-likeness (QED) is 0.270. The van der Waals surface area contributed by atoms with Gasteiger partial charge in [0.15, 0.2) is 6.04 Å². The van der Waals surface area contributed by atoms with Crippen molar-refractivity contribution in [3.05, 3.63) is 0 Å². The zero-order valence-electron chi connectivity index (χ0n) is 21.8. The maximum atomic E-state index is 13.7. The van der Waals surface area contributed by atoms with Gasteiger partial charge in [-0.15, -0.1) is 0 Å². The van der Waals surface area contributed by atoms with Gasteiger partial charge in [-0.1, -0.05) is 26.7 Å². The third kappa shape index (κ3) is 5.64. The third-order valence-electron chi connectivity index (χ3n) is 6.72. The number of β-lactam (4-membered cyclic amide) rings is 1. The number of hydrogen-bond acceptors (Lipinski definition) is 6. The fourth-order valence-corrected chi connectivity index (χ4v) is 4.89. The fourth-order valence-electron chi connectivity index (χ4n) is 4.89. The molecule has 2 rings (SSSR count). The van der Waals surface area contributed by atoms with Crippen molar-refractivity contribution in [1.29, 1.82) is 0 Å². The van der Waals surface area contributed by atoms with Gasteiger partial charge in [-0.05, 0) is 67.2 Å². The minimum absolute atomic E-state index is 0.124. The second-order valence-corrected chi connectivity index (χ2v) is 10.4. The van der Waals surface area contributed by atoms with Crippen LogP contribution in [-0.4, -0.2) is 76.4 Å². The van der Waals surface area contributed by atoms with Crippen LogP contribution in [0.1, 0.15) is 93.9 Å². The van der Waals surface area contributed by atoms with E-state index in [1.807, 2.05) is 48.5 Å². The smallest absolute Gasteiger partial charge is 0.411 e. The Bertz CT molecular complexity index is 706. The van der Waals surface area contributed by atoms with E-state index in [1.54, 1.807) is 9.80 Å². The highest BCUT2D eigenvalue weighted by atomic mass is 16.6. The predicted octanol–water partition coefficient (Wildman–Crippen LogP) is 4.29. The first-order valence-electron chi connectivity index (χ1n) is 12.6. The topological polar surface area (TPSA) is 85.4 Å². The molecule has 8 nitrogen and oxygen atoms in total. The Labute approximate surface area is 199 Å². The number of nitrogens with zero attached hydrogens (tertiary/aromatic N) is 2. The lowest BCUT2D eigenvalue weighted by atomic mass is 9.75. The summed E-state index contributed by atoms with van der Waals surface area (Å²) in [5.74, 6) is -0.675. The highest BCUT2D eigenvalue weighted by molar-refractivity contribution is 6.00. The average molecular weight is 469 g/mol. The molecule has 3 unspecified atom stereocenters. The van der Waals surface area contributed by atoms with Crippen LogP contribution in [0.5, 0.6) is 0 Å². The number of likely N-dealkylation sites (tertiary alicyclic amines) is 2. The van der Waals surface area contributed by atoms with E-state index in [0.717, 1.165) is 25.7 Å². The molecule has 1 spiro atoms. The summed E-state index contributed by atoms with van der Waals surface area (Å²) in [6.07, 6.45) is 3.78. The molecular weight excluding hydrogens is 424 g/mol. The van der Waals surface area contributed by atoms with Gasteiger partial charge in [-0.25, -0.2) is 9.59 Å². The van der Waals surface area contributed by atoms with Crippen molar-refractivity contribution in [3.63, 3.8) is 0 Å². The van der Waals surface area contributed by atoms with E-state index in [0.29, 0.717) is 26.1 Å². The van der Waals surface area contributed by atoms with Crippen LogP contribution in [0.4, 0.5) is 4.79 Å². The Kier molecular flexibility index (Phi) is 9.19. The van der Waals surface area contributed by atoms with Gasteiger partial charge in [0.1, 0.15) is 11.1 Å². The highest BCUT2D eigenvalue weighted by Gasteiger charge is 2.69. The Balaban J connectivity index is 2.28. The van der Waals surface area contributed by atoms with Crippen LogP contribution < -0.4 is 0 Å². The van der Waals surface area contributed by atoms with Crippen molar-refractivity contribution < 1.29 is 28.6 Å². The molecular formula is C25H44N2O6. The lowest BCUT2D eigenvalue weighted by Gasteiger charge is -2.59. The Morgan fingerprint density at radius 1 is 1.12 bits per heavy atom. The maximum absolute atomic E-state index is 13.7. The summed E-state index contributed by atoms with van der Waals surface area (Å²) >= 11 is 0. The van der Waals surface area contributed by atoms with Gasteiger partial charge in [0, 0.05) is 12.6 Å². The molecule has 0 bridgehead atoms. The average Bonchev–Trinajstić information content (AvgIpc) is 3.10. The Morgan fingerprint density at radius 2 is 1.73 bits per heavy atom. The maximum Gasteiger partial charge on any atom is 0.411 e. The van der Waals surface area contributed by atoms with Gasteiger partial charge in [-0.2, -0.15) is 0 Å². The van der Waals surface area contributed by atoms with E-state index in [9.17, 15) is 14.4 Å². The molecule has 33 heavy (non-hydrogen) atoms. The molecule has 0 aromatic heterocycles. The first kappa shape index (κ1) is 27.4. The molecule has 2 aliphatic heterocycles. The SMILES string of the molecule is CCCCOC(=O)[C@H]([C@@H](C)OCCCC)N1C(=O)C2(CCC(C)N2C(=O)OC(C)(C)C)C1C. The minimum Gasteiger partial charge on any atom is -0.464 e. The van der Waals surface area contributed by atoms with E-state index in [2.05, 4.69) is 6.92 Å². The summed E-state index contributed by atoms with van der Waals surface area (Å²) < 4.78 is 17.1. The Hall–Kier alpha value is -1.83. The van der Waals surface area contributed by atoms with E-state index in [-0.39, 0.29) is 18.0 Å². The van der Waals surface area contributed by atoms with E-state index >= 15 is 0 Å². The van der Waals surface area contributed by atoms with Crippen molar-refractivity contribution in [2.45, 2.75) is 129 Å². The molecule has 0 aromatic carbocycles. The summed E-state index contributed by atoms with van der Waals surface area (Å²) in [6, 6.07) is -1.33. The molecule has 2 amide bonds. The predicted molar refractivity (Wildman–Crippen MR) is 126 cm³/mol. The highest BCUT2D eigenvalue weighted by Crippen LogP contribution is 2.48. The van der Waals surface area contributed by atoms with Crippen LogP contribution in [0.2, 0.25) is 0 Å². The van der Waals surface area contributed by atoms with Gasteiger partial charge in [0.2, 0.25) is 0 Å². The van der Waals surface area contributed by atoms with Crippen molar-refractivity contribution in [2.75, 3.05) is 13.2 Å². The first-order valence-corrected chi connectivity index (χ1v) is 12.6. The minimum atomic E-state index is -0.993. The number of hydrogen-bond donors (Lipinski definition) is 0. The summed E-state index contributed by atoms with van der Waals surface area (Å²) in [5, 5.41) is 0. The number of rotatable bonds is 10. The van der Waals surface area contributed by atoms with Crippen LogP contribution in [0, 0.1) is 0 Å². The second-order valence-electron chi connectivity index (χ2n) is 10.4. The molecule has 0 saturated carbocycles. The largest absolute Gasteiger partial charge is 0.464 e. The lowest BCUT2D eigenvalue weighted by molar-refractivity contribution is -0.192. The molecule has 2 heterocycles. The van der Waals surface area contributed by atoms with Crippen molar-refractivity contribution in [2.24, 2.45) is 0 Å². The summed E-state index contributed by atoms with van der Waals surface area (Å²) in [4.78, 5) is 43.1. The molecule has 0 N–H and O–H groups in total. The number of unbranched alkanes of at least 4 members (excludes halogenated alkanes) is 2. The van der Waals surface area contributed by atoms with Gasteiger partial charge < -0.3 is 19.1 Å². The van der Waals surface area contributed by atoms with Crippen molar-refractivity contribution in [1.82, 2.24) is 9.80 Å². The van der Waals surface area contributed by atoms with Gasteiger partial charge in [0.25, 0.3) is 5.91 Å². The van der Waals surface area contributed by atoms with Crippen LogP contribution in [-0.2, 0) is 23.8 Å². The van der Waals surface area contributed by atoms with E-state index in [4.69, 9.17) is 14.2 Å². The van der Waals surface area contributed by atoms with Crippen LogP contribution in [0.15, 0.2) is 0 Å². The molecule has 2 saturated heterocycles. The van der Waals surface area contributed by atoms with Crippen molar-refractivity contribution >= 4 is 18.0 Å². The molecule has 0 radical (unpaired) electrons. The van der Waals surface area contributed by atoms with Crippen LogP contribution >= 0.6 is 0 Å². The zero-order chi connectivity index (χ0) is 25.0. The van der Waals surface area contributed by atoms with Crippen LogP contribution in [0.3, 0.4) is 0 Å². The molecule has 0 aromatic rings. The van der Waals surface area contributed by atoms with Gasteiger partial charge in [0.05, 0.1) is 18.8 Å². The van der Waals surface area contributed by atoms with Gasteiger partial charge >= 0.3 is 12.1 Å². The molecule has 0 aliphatic carbocycles. The summed E-state index contributed by atoms with van der Waals surface area (Å²) in [5.41, 5.74) is -1.66. The fraction of sp³-hybridized carbons (Fsp3) is 0.880. The number of ether oxygens (including phenoxy) is 3. The standard InChI is InChI=1S/C25H44N2O6/c1-9-11-15-31-18(4)20(21(28)32-16-12-10-2)26-19(5)25(22(26)29)14-13-17(3)27(25)23(30)33-24(6,7)8/h17-20H,9-16H2,1-8H3/t17?,18-,19?,20+,25?/m1/s1. The zero-order valence-corrected chi connectivity index (χ0v) is 21.8. The van der Waals surface area contributed by atoms with E-state index < -0.39 is 35.3 Å². The number of carbonyl (C=O) groups excluding carboxylic acids is 3. The van der Waals surface area contributed by atoms with Gasteiger partial charge in [-0.3, -0.25) is 9.69 Å². The van der Waals surface area contributed by atoms with Crippen LogP contribution in [0.25, 0.3) is 0 Å². The monoisotopic (exact) mass is 468 g/mol. The summed E-state index contributed by atoms with van der Waals surface area (Å²) in [6.45, 7) is 16.0. The number of amides is 2. The molecule has 5 atom stereocenters. The molecule has 2 aliphatic rings. The Morgan fingerprint density at radius 3 is 2.27 bits per heavy atom. The molecule has 2 fully saturated rings. The lowest BCUT2D eigenvalue weighted by Crippen LogP contribution is -2.82.